The Morgan fingerprint density at radius 1 is 1.33 bits per heavy atom. The van der Waals surface area contributed by atoms with Gasteiger partial charge in [0.25, 0.3) is 0 Å². The van der Waals surface area contributed by atoms with Crippen LogP contribution in [-0.2, 0) is 0 Å². The second kappa shape index (κ2) is 3.57. The van der Waals surface area contributed by atoms with Gasteiger partial charge in [0.1, 0.15) is 5.69 Å². The molecule has 2 aromatic heterocycles. The van der Waals surface area contributed by atoms with Crippen LogP contribution < -0.4 is 0 Å². The maximum atomic E-state index is 10.6. The molecule has 0 aromatic carbocycles. The molecule has 0 aliphatic carbocycles. The van der Waals surface area contributed by atoms with Crippen LogP contribution in [0.15, 0.2) is 34.7 Å². The minimum Gasteiger partial charge on any atom is -0.475 e. The van der Waals surface area contributed by atoms with E-state index in [4.69, 9.17) is 9.52 Å². The van der Waals surface area contributed by atoms with Gasteiger partial charge in [-0.15, -0.1) is 0 Å². The zero-order valence-electron chi connectivity index (χ0n) is 8.10. The third-order valence-electron chi connectivity index (χ3n) is 1.96. The van der Waals surface area contributed by atoms with Gasteiger partial charge >= 0.3 is 5.97 Å². The normalized spacial score (nSPS) is 10.2. The summed E-state index contributed by atoms with van der Waals surface area (Å²) in [5, 5.41) is 8.69. The standard InChI is InChI=1S/C11H9NO3/c1-7-3-2-4-8(12-7)9-5-6-10(15-9)11(13)14/h2-6H,1H3,(H,13,14). The fraction of sp³-hybridized carbons (Fsp3) is 0.0909. The lowest BCUT2D eigenvalue weighted by atomic mass is 10.2. The van der Waals surface area contributed by atoms with Gasteiger partial charge in [0, 0.05) is 5.69 Å². The Kier molecular flexibility index (Phi) is 2.25. The molecule has 0 saturated heterocycles. The monoisotopic (exact) mass is 203 g/mol. The third kappa shape index (κ3) is 1.88. The lowest BCUT2D eigenvalue weighted by Gasteiger charge is -1.96. The fourth-order valence-electron chi connectivity index (χ4n) is 1.27. The van der Waals surface area contributed by atoms with Gasteiger partial charge in [-0.1, -0.05) is 6.07 Å². The largest absolute Gasteiger partial charge is 0.475 e. The summed E-state index contributed by atoms with van der Waals surface area (Å²) in [7, 11) is 0. The molecule has 2 aromatic rings. The molecule has 0 saturated carbocycles. The number of pyridine rings is 1. The number of aromatic nitrogens is 1. The number of carboxylic acid groups (broad SMARTS) is 1. The molecule has 0 spiro atoms. The average Bonchev–Trinajstić information content (AvgIpc) is 2.66. The molecule has 0 atom stereocenters. The van der Waals surface area contributed by atoms with Crippen LogP contribution in [0.1, 0.15) is 16.2 Å². The Morgan fingerprint density at radius 3 is 2.73 bits per heavy atom. The van der Waals surface area contributed by atoms with Gasteiger partial charge in [-0.2, -0.15) is 0 Å². The summed E-state index contributed by atoms with van der Waals surface area (Å²) in [4.78, 5) is 14.8. The predicted molar refractivity (Wildman–Crippen MR) is 53.6 cm³/mol. The Morgan fingerprint density at radius 2 is 2.13 bits per heavy atom. The Hall–Kier alpha value is -2.10. The number of aromatic carboxylic acids is 1. The van der Waals surface area contributed by atoms with E-state index in [1.165, 1.54) is 6.07 Å². The SMILES string of the molecule is Cc1cccc(-c2ccc(C(=O)O)o2)n1. The second-order valence-electron chi connectivity index (χ2n) is 3.13. The van der Waals surface area contributed by atoms with Gasteiger partial charge < -0.3 is 9.52 Å². The molecule has 2 rings (SSSR count). The van der Waals surface area contributed by atoms with Crippen molar-refractivity contribution in [3.63, 3.8) is 0 Å². The minimum absolute atomic E-state index is 0.0756. The van der Waals surface area contributed by atoms with Gasteiger partial charge in [-0.3, -0.25) is 0 Å². The van der Waals surface area contributed by atoms with Gasteiger partial charge in [0.2, 0.25) is 5.76 Å². The highest BCUT2D eigenvalue weighted by atomic mass is 16.4. The number of aryl methyl sites for hydroxylation is 1. The van der Waals surface area contributed by atoms with E-state index >= 15 is 0 Å². The topological polar surface area (TPSA) is 63.3 Å². The van der Waals surface area contributed by atoms with Crippen molar-refractivity contribution in [2.45, 2.75) is 6.92 Å². The zero-order valence-corrected chi connectivity index (χ0v) is 8.10. The van der Waals surface area contributed by atoms with E-state index in [0.29, 0.717) is 11.5 Å². The highest BCUT2D eigenvalue weighted by Gasteiger charge is 2.10. The van der Waals surface area contributed by atoms with Crippen LogP contribution in [0.3, 0.4) is 0 Å². The summed E-state index contributed by atoms with van der Waals surface area (Å²) in [5.41, 5.74) is 1.50. The lowest BCUT2D eigenvalue weighted by Crippen LogP contribution is -1.91. The molecule has 0 radical (unpaired) electrons. The molecule has 0 fully saturated rings. The Labute approximate surface area is 86.2 Å². The number of carboxylic acids is 1. The van der Waals surface area contributed by atoms with Crippen molar-refractivity contribution in [1.29, 1.82) is 0 Å². The van der Waals surface area contributed by atoms with Gasteiger partial charge in [-0.25, -0.2) is 9.78 Å². The summed E-state index contributed by atoms with van der Waals surface area (Å²) in [5.74, 6) is -0.682. The van der Waals surface area contributed by atoms with Crippen molar-refractivity contribution in [2.75, 3.05) is 0 Å². The van der Waals surface area contributed by atoms with Crippen LogP contribution >= 0.6 is 0 Å². The molecule has 4 heteroatoms. The Balaban J connectivity index is 2.41. The summed E-state index contributed by atoms with van der Waals surface area (Å²) in [6.45, 7) is 1.87. The average molecular weight is 203 g/mol. The van der Waals surface area contributed by atoms with Crippen molar-refractivity contribution < 1.29 is 14.3 Å². The molecule has 2 heterocycles. The van der Waals surface area contributed by atoms with Gasteiger partial charge in [0.05, 0.1) is 0 Å². The number of carbonyl (C=O) groups is 1. The van der Waals surface area contributed by atoms with Crippen LogP contribution in [-0.4, -0.2) is 16.1 Å². The highest BCUT2D eigenvalue weighted by Crippen LogP contribution is 2.20. The van der Waals surface area contributed by atoms with E-state index < -0.39 is 5.97 Å². The molecular weight excluding hydrogens is 194 g/mol. The van der Waals surface area contributed by atoms with Crippen molar-refractivity contribution >= 4 is 5.97 Å². The first-order chi connectivity index (χ1) is 7.16. The molecule has 0 aliphatic rings. The van der Waals surface area contributed by atoms with Crippen molar-refractivity contribution in [1.82, 2.24) is 4.98 Å². The van der Waals surface area contributed by atoms with E-state index in [-0.39, 0.29) is 5.76 Å². The van der Waals surface area contributed by atoms with Crippen LogP contribution in [0.2, 0.25) is 0 Å². The summed E-state index contributed by atoms with van der Waals surface area (Å²) >= 11 is 0. The maximum absolute atomic E-state index is 10.6. The fourth-order valence-corrected chi connectivity index (χ4v) is 1.27. The van der Waals surface area contributed by atoms with Gasteiger partial charge in [-0.05, 0) is 31.2 Å². The first-order valence-corrected chi connectivity index (χ1v) is 4.44. The number of furan rings is 1. The van der Waals surface area contributed by atoms with E-state index in [9.17, 15) is 4.79 Å². The summed E-state index contributed by atoms with van der Waals surface area (Å²) in [6, 6.07) is 8.51. The van der Waals surface area contributed by atoms with E-state index in [1.807, 2.05) is 19.1 Å². The molecule has 0 bridgehead atoms. The van der Waals surface area contributed by atoms with Crippen molar-refractivity contribution in [2.24, 2.45) is 0 Å². The maximum Gasteiger partial charge on any atom is 0.371 e. The molecule has 0 aliphatic heterocycles. The number of nitrogens with zero attached hydrogens (tertiary/aromatic N) is 1. The summed E-state index contributed by atoms with van der Waals surface area (Å²) < 4.78 is 5.12. The van der Waals surface area contributed by atoms with Gasteiger partial charge in [0.15, 0.2) is 5.76 Å². The molecule has 0 amide bonds. The smallest absolute Gasteiger partial charge is 0.371 e. The third-order valence-corrected chi connectivity index (χ3v) is 1.96. The lowest BCUT2D eigenvalue weighted by molar-refractivity contribution is 0.0663. The first kappa shape index (κ1) is 9.45. The quantitative estimate of drug-likeness (QED) is 0.813. The van der Waals surface area contributed by atoms with Crippen molar-refractivity contribution in [3.05, 3.63) is 41.8 Å². The van der Waals surface area contributed by atoms with E-state index in [1.54, 1.807) is 12.1 Å². The number of hydrogen-bond acceptors (Lipinski definition) is 3. The number of rotatable bonds is 2. The molecule has 76 valence electrons. The van der Waals surface area contributed by atoms with E-state index in [0.717, 1.165) is 5.69 Å². The van der Waals surface area contributed by atoms with Crippen LogP contribution in [0.5, 0.6) is 0 Å². The Bertz CT molecular complexity index is 502. The number of hydrogen-bond donors (Lipinski definition) is 1. The molecular formula is C11H9NO3. The molecule has 15 heavy (non-hydrogen) atoms. The van der Waals surface area contributed by atoms with Crippen LogP contribution in [0.25, 0.3) is 11.5 Å². The second-order valence-corrected chi connectivity index (χ2v) is 3.13. The zero-order chi connectivity index (χ0) is 10.8. The molecule has 4 nitrogen and oxygen atoms in total. The first-order valence-electron chi connectivity index (χ1n) is 4.44. The summed E-state index contributed by atoms with van der Waals surface area (Å²) in [6.07, 6.45) is 0. The van der Waals surface area contributed by atoms with Crippen LogP contribution in [0.4, 0.5) is 0 Å². The predicted octanol–water partition coefficient (Wildman–Crippen LogP) is 2.35. The van der Waals surface area contributed by atoms with Crippen LogP contribution in [0, 0.1) is 6.92 Å². The van der Waals surface area contributed by atoms with Crippen molar-refractivity contribution in [3.8, 4) is 11.5 Å². The molecule has 0 unspecified atom stereocenters. The minimum atomic E-state index is -1.08. The highest BCUT2D eigenvalue weighted by molar-refractivity contribution is 5.85. The van der Waals surface area contributed by atoms with E-state index in [2.05, 4.69) is 4.98 Å². The molecule has 1 N–H and O–H groups in total.